The smallest absolute Gasteiger partial charge is 0.218 e. The van der Waals surface area contributed by atoms with Crippen molar-refractivity contribution in [3.63, 3.8) is 0 Å². The van der Waals surface area contributed by atoms with Crippen molar-refractivity contribution in [3.05, 3.63) is 22.3 Å². The van der Waals surface area contributed by atoms with Crippen molar-refractivity contribution in [1.29, 1.82) is 0 Å². The van der Waals surface area contributed by atoms with E-state index in [4.69, 9.17) is 9.47 Å². The predicted molar refractivity (Wildman–Crippen MR) is 71.3 cm³/mol. The lowest BCUT2D eigenvalue weighted by Crippen LogP contribution is -2.21. The van der Waals surface area contributed by atoms with Crippen molar-refractivity contribution in [2.45, 2.75) is 26.5 Å². The number of nitrogens with zero attached hydrogens (tertiary/aromatic N) is 1. The molecule has 17 heavy (non-hydrogen) atoms. The van der Waals surface area contributed by atoms with Crippen LogP contribution in [0.1, 0.15) is 19.4 Å². The molecule has 96 valence electrons. The van der Waals surface area contributed by atoms with E-state index in [9.17, 15) is 0 Å². The topological polar surface area (TPSA) is 43.4 Å². The standard InChI is InChI=1S/C12H19BrN2O2/c1-4-16-8-9(2)17-12-10(6-14-3)5-11(13)7-15-12/h5,7,9,14H,4,6,8H2,1-3H3. The Morgan fingerprint density at radius 1 is 1.53 bits per heavy atom. The summed E-state index contributed by atoms with van der Waals surface area (Å²) in [4.78, 5) is 4.28. The molecule has 5 heteroatoms. The summed E-state index contributed by atoms with van der Waals surface area (Å²) in [6, 6.07) is 2.01. The van der Waals surface area contributed by atoms with Gasteiger partial charge in [-0.05, 0) is 42.9 Å². The van der Waals surface area contributed by atoms with E-state index in [1.807, 2.05) is 27.0 Å². The molecular formula is C12H19BrN2O2. The first-order valence-electron chi connectivity index (χ1n) is 5.70. The Labute approximate surface area is 111 Å². The average molecular weight is 303 g/mol. The highest BCUT2D eigenvalue weighted by molar-refractivity contribution is 9.10. The summed E-state index contributed by atoms with van der Waals surface area (Å²) in [6.07, 6.45) is 1.74. The number of nitrogens with one attached hydrogen (secondary N) is 1. The van der Waals surface area contributed by atoms with E-state index in [0.717, 1.165) is 16.6 Å². The maximum Gasteiger partial charge on any atom is 0.218 e. The molecule has 1 N–H and O–H groups in total. The molecule has 0 fully saturated rings. The van der Waals surface area contributed by atoms with Crippen molar-refractivity contribution in [2.24, 2.45) is 0 Å². The van der Waals surface area contributed by atoms with E-state index in [2.05, 4.69) is 26.2 Å². The molecule has 1 atom stereocenters. The molecule has 1 rings (SSSR count). The second kappa shape index (κ2) is 7.63. The second-order valence-corrected chi connectivity index (χ2v) is 4.65. The van der Waals surface area contributed by atoms with Gasteiger partial charge < -0.3 is 14.8 Å². The minimum absolute atomic E-state index is 0.000711. The van der Waals surface area contributed by atoms with Gasteiger partial charge in [0.25, 0.3) is 0 Å². The van der Waals surface area contributed by atoms with Crippen LogP contribution in [0.25, 0.3) is 0 Å². The van der Waals surface area contributed by atoms with E-state index < -0.39 is 0 Å². The van der Waals surface area contributed by atoms with E-state index in [0.29, 0.717) is 19.1 Å². The highest BCUT2D eigenvalue weighted by Crippen LogP contribution is 2.20. The number of hydrogen-bond acceptors (Lipinski definition) is 4. The van der Waals surface area contributed by atoms with Gasteiger partial charge in [-0.3, -0.25) is 0 Å². The van der Waals surface area contributed by atoms with Crippen LogP contribution < -0.4 is 10.1 Å². The van der Waals surface area contributed by atoms with Crippen LogP contribution in [0.4, 0.5) is 0 Å². The molecule has 0 saturated heterocycles. The average Bonchev–Trinajstić information content (AvgIpc) is 2.30. The van der Waals surface area contributed by atoms with E-state index in [1.165, 1.54) is 0 Å². The predicted octanol–water partition coefficient (Wildman–Crippen LogP) is 2.37. The van der Waals surface area contributed by atoms with Crippen LogP contribution in [0.2, 0.25) is 0 Å². The van der Waals surface area contributed by atoms with Crippen LogP contribution in [-0.4, -0.2) is 31.3 Å². The van der Waals surface area contributed by atoms with Crippen molar-refractivity contribution >= 4 is 15.9 Å². The third kappa shape index (κ3) is 5.02. The lowest BCUT2D eigenvalue weighted by atomic mass is 10.2. The van der Waals surface area contributed by atoms with Crippen LogP contribution in [0.3, 0.4) is 0 Å². The quantitative estimate of drug-likeness (QED) is 0.840. The number of hydrogen-bond donors (Lipinski definition) is 1. The van der Waals surface area contributed by atoms with Gasteiger partial charge >= 0.3 is 0 Å². The molecule has 0 aromatic carbocycles. The Morgan fingerprint density at radius 2 is 2.29 bits per heavy atom. The molecular weight excluding hydrogens is 284 g/mol. The molecule has 1 unspecified atom stereocenters. The summed E-state index contributed by atoms with van der Waals surface area (Å²) < 4.78 is 12.0. The minimum atomic E-state index is -0.000711. The number of ether oxygens (including phenoxy) is 2. The van der Waals surface area contributed by atoms with Crippen molar-refractivity contribution in [2.75, 3.05) is 20.3 Å². The summed E-state index contributed by atoms with van der Waals surface area (Å²) in [5, 5.41) is 3.10. The van der Waals surface area contributed by atoms with Gasteiger partial charge in [-0.25, -0.2) is 4.98 Å². The third-order valence-electron chi connectivity index (χ3n) is 2.13. The summed E-state index contributed by atoms with van der Waals surface area (Å²) in [5.41, 5.74) is 1.03. The SMILES string of the molecule is CCOCC(C)Oc1ncc(Br)cc1CNC. The Kier molecular flexibility index (Phi) is 6.47. The van der Waals surface area contributed by atoms with E-state index in [1.54, 1.807) is 6.20 Å². The molecule has 0 spiro atoms. The van der Waals surface area contributed by atoms with Crippen LogP contribution in [0.5, 0.6) is 5.88 Å². The van der Waals surface area contributed by atoms with E-state index in [-0.39, 0.29) is 6.10 Å². The van der Waals surface area contributed by atoms with Gasteiger partial charge in [-0.15, -0.1) is 0 Å². The molecule has 1 aromatic heterocycles. The molecule has 1 heterocycles. The third-order valence-corrected chi connectivity index (χ3v) is 2.56. The highest BCUT2D eigenvalue weighted by Gasteiger charge is 2.10. The second-order valence-electron chi connectivity index (χ2n) is 3.74. The fraction of sp³-hybridized carbons (Fsp3) is 0.583. The molecule has 0 radical (unpaired) electrons. The first kappa shape index (κ1) is 14.4. The van der Waals surface area contributed by atoms with Gasteiger partial charge in [0, 0.05) is 29.4 Å². The van der Waals surface area contributed by atoms with Crippen LogP contribution in [0, 0.1) is 0 Å². The molecule has 0 aliphatic carbocycles. The summed E-state index contributed by atoms with van der Waals surface area (Å²) in [7, 11) is 1.90. The lowest BCUT2D eigenvalue weighted by Gasteiger charge is -2.16. The Morgan fingerprint density at radius 3 is 2.94 bits per heavy atom. The summed E-state index contributed by atoms with van der Waals surface area (Å²) in [6.45, 7) is 5.95. The number of halogens is 1. The number of aromatic nitrogens is 1. The molecule has 0 aliphatic rings. The monoisotopic (exact) mass is 302 g/mol. The fourth-order valence-corrected chi connectivity index (χ4v) is 1.78. The van der Waals surface area contributed by atoms with Gasteiger partial charge in [0.2, 0.25) is 5.88 Å². The highest BCUT2D eigenvalue weighted by atomic mass is 79.9. The van der Waals surface area contributed by atoms with Crippen LogP contribution in [0.15, 0.2) is 16.7 Å². The Bertz CT molecular complexity index is 347. The van der Waals surface area contributed by atoms with Crippen molar-refractivity contribution in [3.8, 4) is 5.88 Å². The van der Waals surface area contributed by atoms with Gasteiger partial charge in [-0.1, -0.05) is 0 Å². The van der Waals surface area contributed by atoms with E-state index >= 15 is 0 Å². The largest absolute Gasteiger partial charge is 0.472 e. The van der Waals surface area contributed by atoms with Crippen molar-refractivity contribution in [1.82, 2.24) is 10.3 Å². The van der Waals surface area contributed by atoms with Gasteiger partial charge in [0.15, 0.2) is 0 Å². The maximum absolute atomic E-state index is 5.76. The molecule has 0 aliphatic heterocycles. The minimum Gasteiger partial charge on any atom is -0.472 e. The van der Waals surface area contributed by atoms with Crippen LogP contribution in [-0.2, 0) is 11.3 Å². The molecule has 0 saturated carbocycles. The zero-order valence-corrected chi connectivity index (χ0v) is 12.1. The fourth-order valence-electron chi connectivity index (χ4n) is 1.40. The first-order valence-corrected chi connectivity index (χ1v) is 6.50. The Hall–Kier alpha value is -0.650. The number of rotatable bonds is 7. The summed E-state index contributed by atoms with van der Waals surface area (Å²) >= 11 is 3.40. The summed E-state index contributed by atoms with van der Waals surface area (Å²) in [5.74, 6) is 0.662. The van der Waals surface area contributed by atoms with Gasteiger partial charge in [-0.2, -0.15) is 0 Å². The lowest BCUT2D eigenvalue weighted by molar-refractivity contribution is 0.0627. The molecule has 1 aromatic rings. The van der Waals surface area contributed by atoms with Crippen LogP contribution >= 0.6 is 15.9 Å². The molecule has 0 amide bonds. The zero-order valence-electron chi connectivity index (χ0n) is 10.5. The maximum atomic E-state index is 5.76. The zero-order chi connectivity index (χ0) is 12.7. The molecule has 0 bridgehead atoms. The van der Waals surface area contributed by atoms with Crippen molar-refractivity contribution < 1.29 is 9.47 Å². The first-order chi connectivity index (χ1) is 8.17. The normalized spacial score (nSPS) is 12.5. The Balaban J connectivity index is 2.68. The number of pyridine rings is 1. The molecule has 4 nitrogen and oxygen atoms in total. The van der Waals surface area contributed by atoms with Gasteiger partial charge in [0.1, 0.15) is 6.10 Å². The van der Waals surface area contributed by atoms with Gasteiger partial charge in [0.05, 0.1) is 6.61 Å².